The molecule has 0 aromatic heterocycles. The van der Waals surface area contributed by atoms with Crippen LogP contribution in [-0.2, 0) is 35.1 Å². The second-order valence-corrected chi connectivity index (χ2v) is 10.3. The van der Waals surface area contributed by atoms with Crippen LogP contribution in [-0.4, -0.2) is 42.6 Å². The van der Waals surface area contributed by atoms with E-state index in [1.807, 2.05) is 13.8 Å². The number of esters is 4. The van der Waals surface area contributed by atoms with Gasteiger partial charge in [-0.05, 0) is 56.7 Å². The highest BCUT2D eigenvalue weighted by Crippen LogP contribution is 2.31. The molecule has 1 aliphatic rings. The van der Waals surface area contributed by atoms with Gasteiger partial charge in [-0.15, -0.1) is 0 Å². The minimum atomic E-state index is -1.00. The minimum Gasteiger partial charge on any atom is -0.462 e. The summed E-state index contributed by atoms with van der Waals surface area (Å²) in [6, 6.07) is 3.73. The van der Waals surface area contributed by atoms with Crippen LogP contribution in [0, 0.1) is 17.8 Å². The Balaban J connectivity index is 2.00. The van der Waals surface area contributed by atoms with E-state index < -0.39 is 30.1 Å². The predicted octanol–water partition coefficient (Wildman–Crippen LogP) is 4.51. The average molecular weight is 534 g/mol. The van der Waals surface area contributed by atoms with Crippen LogP contribution in [0.4, 0.5) is 0 Å². The van der Waals surface area contributed by atoms with Crippen LogP contribution >= 0.6 is 0 Å². The molecular weight excluding hydrogens is 490 g/mol. The number of nitrogens with two attached hydrogens (primary N) is 1. The van der Waals surface area contributed by atoms with Crippen LogP contribution < -0.4 is 15.2 Å². The van der Waals surface area contributed by atoms with E-state index in [4.69, 9.17) is 24.7 Å². The van der Waals surface area contributed by atoms with Crippen LogP contribution in [0.5, 0.6) is 11.5 Å². The molecule has 1 aromatic carbocycles. The molecule has 2 N–H and O–H groups in total. The summed E-state index contributed by atoms with van der Waals surface area (Å²) in [5, 5.41) is 0. The van der Waals surface area contributed by atoms with Crippen molar-refractivity contribution in [3.8, 4) is 11.5 Å². The first-order valence-corrected chi connectivity index (χ1v) is 13.7. The molecule has 1 aliphatic carbocycles. The summed E-state index contributed by atoms with van der Waals surface area (Å²) >= 11 is 0. The maximum Gasteiger partial charge on any atom is 0.323 e. The second-order valence-electron chi connectivity index (χ2n) is 10.3. The van der Waals surface area contributed by atoms with Crippen LogP contribution in [0.3, 0.4) is 0 Å². The first-order chi connectivity index (χ1) is 18.0. The molecule has 9 nitrogen and oxygen atoms in total. The lowest BCUT2D eigenvalue weighted by molar-refractivity contribution is -0.161. The lowest BCUT2D eigenvalue weighted by atomic mass is 9.89. The third-order valence-corrected chi connectivity index (χ3v) is 6.93. The van der Waals surface area contributed by atoms with Gasteiger partial charge in [0.05, 0.1) is 17.8 Å². The van der Waals surface area contributed by atoms with E-state index in [0.29, 0.717) is 18.4 Å². The SMILES string of the molecule is CCC(C)C(=O)Oc1ccc(C[C@H](N)C(=O)O[C@@H](C)COC(=O)C2CCCCC2)cc1OC(=O)C(C)CC. The molecule has 0 aliphatic heterocycles. The number of carbonyl (C=O) groups excluding carboxylic acids is 4. The Bertz CT molecular complexity index is 956. The summed E-state index contributed by atoms with van der Waals surface area (Å²) in [5.41, 5.74) is 6.69. The molecule has 1 fully saturated rings. The highest BCUT2D eigenvalue weighted by atomic mass is 16.6. The average Bonchev–Trinajstić information content (AvgIpc) is 2.92. The van der Waals surface area contributed by atoms with E-state index in [2.05, 4.69) is 0 Å². The molecular formula is C29H43NO8. The molecule has 2 unspecified atom stereocenters. The Hall–Kier alpha value is -2.94. The van der Waals surface area contributed by atoms with Gasteiger partial charge < -0.3 is 24.7 Å². The monoisotopic (exact) mass is 533 g/mol. The highest BCUT2D eigenvalue weighted by molar-refractivity contribution is 5.79. The molecule has 38 heavy (non-hydrogen) atoms. The third kappa shape index (κ3) is 9.74. The zero-order valence-corrected chi connectivity index (χ0v) is 23.3. The van der Waals surface area contributed by atoms with E-state index >= 15 is 0 Å². The Morgan fingerprint density at radius 2 is 1.45 bits per heavy atom. The normalized spacial score (nSPS) is 17.0. The number of hydrogen-bond donors (Lipinski definition) is 1. The van der Waals surface area contributed by atoms with Gasteiger partial charge in [-0.2, -0.15) is 0 Å². The summed E-state index contributed by atoms with van der Waals surface area (Å²) in [4.78, 5) is 49.6. The van der Waals surface area contributed by atoms with E-state index in [1.54, 1.807) is 32.9 Å². The highest BCUT2D eigenvalue weighted by Gasteiger charge is 2.25. The van der Waals surface area contributed by atoms with Gasteiger partial charge >= 0.3 is 23.9 Å². The first-order valence-electron chi connectivity index (χ1n) is 13.7. The Morgan fingerprint density at radius 1 is 0.868 bits per heavy atom. The molecule has 2 rings (SSSR count). The van der Waals surface area contributed by atoms with Crippen LogP contribution in [0.25, 0.3) is 0 Å². The molecule has 0 saturated heterocycles. The van der Waals surface area contributed by atoms with Crippen molar-refractivity contribution in [2.45, 2.75) is 98.1 Å². The van der Waals surface area contributed by atoms with Crippen molar-refractivity contribution in [3.63, 3.8) is 0 Å². The molecule has 0 spiro atoms. The first kappa shape index (κ1) is 31.3. The Kier molecular flexibility index (Phi) is 12.7. The van der Waals surface area contributed by atoms with Crippen molar-refractivity contribution < 1.29 is 38.1 Å². The largest absolute Gasteiger partial charge is 0.462 e. The van der Waals surface area contributed by atoms with Crippen molar-refractivity contribution in [3.05, 3.63) is 23.8 Å². The molecule has 1 saturated carbocycles. The van der Waals surface area contributed by atoms with Crippen LogP contribution in [0.2, 0.25) is 0 Å². The number of hydrogen-bond acceptors (Lipinski definition) is 9. The third-order valence-electron chi connectivity index (χ3n) is 6.93. The van der Waals surface area contributed by atoms with Crippen molar-refractivity contribution in [2.75, 3.05) is 6.61 Å². The molecule has 4 atom stereocenters. The number of ether oxygens (including phenoxy) is 4. The Labute approximate surface area is 225 Å². The van der Waals surface area contributed by atoms with Crippen LogP contribution in [0.15, 0.2) is 18.2 Å². The maximum atomic E-state index is 12.6. The molecule has 0 heterocycles. The molecule has 9 heteroatoms. The van der Waals surface area contributed by atoms with E-state index in [9.17, 15) is 19.2 Å². The lowest BCUT2D eigenvalue weighted by Crippen LogP contribution is -2.37. The van der Waals surface area contributed by atoms with Gasteiger partial charge in [0, 0.05) is 0 Å². The topological polar surface area (TPSA) is 131 Å². The summed E-state index contributed by atoms with van der Waals surface area (Å²) in [7, 11) is 0. The van der Waals surface area contributed by atoms with E-state index in [-0.39, 0.29) is 48.2 Å². The summed E-state index contributed by atoms with van der Waals surface area (Å²) in [6.07, 6.45) is 5.52. The summed E-state index contributed by atoms with van der Waals surface area (Å²) in [5.74, 6) is -2.30. The van der Waals surface area contributed by atoms with Gasteiger partial charge in [0.15, 0.2) is 11.5 Å². The minimum absolute atomic E-state index is 0.0280. The fraction of sp³-hybridized carbons (Fsp3) is 0.655. The smallest absolute Gasteiger partial charge is 0.323 e. The summed E-state index contributed by atoms with van der Waals surface area (Å²) in [6.45, 7) is 8.86. The van der Waals surface area contributed by atoms with E-state index in [1.165, 1.54) is 6.07 Å². The lowest BCUT2D eigenvalue weighted by Gasteiger charge is -2.22. The molecule has 212 valence electrons. The van der Waals surface area contributed by atoms with Crippen molar-refractivity contribution >= 4 is 23.9 Å². The predicted molar refractivity (Wildman–Crippen MR) is 141 cm³/mol. The maximum absolute atomic E-state index is 12.6. The van der Waals surface area contributed by atoms with Gasteiger partial charge in [0.25, 0.3) is 0 Å². The van der Waals surface area contributed by atoms with Gasteiger partial charge in [0.2, 0.25) is 0 Å². The molecule has 0 radical (unpaired) electrons. The number of benzene rings is 1. The number of rotatable bonds is 13. The van der Waals surface area contributed by atoms with Crippen LogP contribution in [0.1, 0.15) is 85.1 Å². The second kappa shape index (κ2) is 15.5. The van der Waals surface area contributed by atoms with Gasteiger partial charge in [0.1, 0.15) is 18.8 Å². The van der Waals surface area contributed by atoms with Crippen molar-refractivity contribution in [1.29, 1.82) is 0 Å². The summed E-state index contributed by atoms with van der Waals surface area (Å²) < 4.78 is 21.8. The molecule has 0 bridgehead atoms. The standard InChI is InChI=1S/C29H43NO8/c1-6-18(3)26(31)37-24-14-13-21(16-25(24)38-27(32)19(4)7-2)15-23(30)29(34)36-20(5)17-35-28(33)22-11-9-8-10-12-22/h13-14,16,18-20,22-23H,6-12,15,17,30H2,1-5H3/t18?,19?,20-,23-/m0/s1. The van der Waals surface area contributed by atoms with Crippen molar-refractivity contribution in [1.82, 2.24) is 0 Å². The molecule has 0 amide bonds. The molecule has 1 aromatic rings. The van der Waals surface area contributed by atoms with Gasteiger partial charge in [-0.1, -0.05) is 53.0 Å². The fourth-order valence-corrected chi connectivity index (χ4v) is 3.91. The quantitative estimate of drug-likeness (QED) is 0.287. The van der Waals surface area contributed by atoms with E-state index in [0.717, 1.165) is 32.1 Å². The van der Waals surface area contributed by atoms with Gasteiger partial charge in [-0.25, -0.2) is 0 Å². The zero-order chi connectivity index (χ0) is 28.2. The zero-order valence-electron chi connectivity index (χ0n) is 23.3. The van der Waals surface area contributed by atoms with Gasteiger partial charge in [-0.3, -0.25) is 19.2 Å². The fourth-order valence-electron chi connectivity index (χ4n) is 3.91. The Morgan fingerprint density at radius 3 is 2.03 bits per heavy atom. The van der Waals surface area contributed by atoms with Crippen molar-refractivity contribution in [2.24, 2.45) is 23.5 Å². The number of carbonyl (C=O) groups is 4.